The molecule has 1 aromatic heterocycles. The van der Waals surface area contributed by atoms with Crippen molar-refractivity contribution in [2.75, 3.05) is 27.4 Å². The maximum atomic E-state index is 13.1. The number of piperidine rings is 1. The predicted octanol–water partition coefficient (Wildman–Crippen LogP) is 2.11. The van der Waals surface area contributed by atoms with Crippen LogP contribution in [0.5, 0.6) is 11.5 Å². The normalized spacial score (nSPS) is 15.5. The molecule has 0 spiro atoms. The first-order valence-corrected chi connectivity index (χ1v) is 17.9. The van der Waals surface area contributed by atoms with Crippen LogP contribution in [0.3, 0.4) is 0 Å². The van der Waals surface area contributed by atoms with E-state index in [1.165, 1.54) is 24.9 Å². The molecule has 16 nitrogen and oxygen atoms in total. The zero-order valence-electron chi connectivity index (χ0n) is 31.8. The van der Waals surface area contributed by atoms with Crippen molar-refractivity contribution in [3.8, 4) is 22.8 Å². The van der Waals surface area contributed by atoms with Gasteiger partial charge >= 0.3 is 0 Å². The molecule has 2 aliphatic rings. The summed E-state index contributed by atoms with van der Waals surface area (Å²) in [6.45, 7) is 5.62. The molecule has 16 heteroatoms. The van der Waals surface area contributed by atoms with Gasteiger partial charge in [0.1, 0.15) is 29.8 Å². The fraction of sp³-hybridized carbons (Fsp3) is 0.436. The minimum Gasteiger partial charge on any atom is -0.496 e. The molecule has 55 heavy (non-hydrogen) atoms. The number of aryl methyl sites for hydroxylation is 3. The van der Waals surface area contributed by atoms with E-state index in [1.54, 1.807) is 44.4 Å². The molecule has 3 aromatic rings. The standard InChI is InChI=1S/C39H46N6O10/c1-22-36(50)44(4)19-28(41-22)24-17-30(53-5)27(31(18-24)54-6)20-55-21-34(48)43-39(2,3)14-7-15-40-32(46)12-9-23-8-10-25-26(16-23)38(52)45(37(25)51)29-11-13-33(47)42-35(29)49/h8,10,16-19,29H,7,9,11-15,20-21H2,1-6H3,(H,40,46)(H,43,48)(H,42,47,49). The number of rotatable bonds is 16. The van der Waals surface area contributed by atoms with Crippen LogP contribution >= 0.6 is 0 Å². The van der Waals surface area contributed by atoms with Gasteiger partial charge in [-0.25, -0.2) is 4.98 Å². The minimum atomic E-state index is -1.04. The Bertz CT molecular complexity index is 2040. The topological polar surface area (TPSA) is 204 Å². The number of aromatic nitrogens is 2. The molecule has 0 saturated carbocycles. The van der Waals surface area contributed by atoms with Crippen LogP contribution in [0, 0.1) is 6.92 Å². The van der Waals surface area contributed by atoms with Gasteiger partial charge in [-0.1, -0.05) is 6.07 Å². The van der Waals surface area contributed by atoms with Crippen molar-refractivity contribution in [3.05, 3.63) is 74.8 Å². The maximum absolute atomic E-state index is 13.1. The molecule has 3 N–H and O–H groups in total. The highest BCUT2D eigenvalue weighted by atomic mass is 16.5. The quantitative estimate of drug-likeness (QED) is 0.143. The van der Waals surface area contributed by atoms with Crippen LogP contribution in [0.4, 0.5) is 0 Å². The van der Waals surface area contributed by atoms with Gasteiger partial charge in [-0.15, -0.1) is 0 Å². The van der Waals surface area contributed by atoms with Gasteiger partial charge in [0.05, 0.1) is 43.2 Å². The summed E-state index contributed by atoms with van der Waals surface area (Å²) in [5, 5.41) is 8.03. The second-order valence-corrected chi connectivity index (χ2v) is 14.2. The molecule has 3 heterocycles. The lowest BCUT2D eigenvalue weighted by Gasteiger charge is -2.27. The number of carbonyl (C=O) groups excluding carboxylic acids is 6. The molecule has 1 atom stereocenters. The Hall–Kier alpha value is -5.90. The SMILES string of the molecule is COc1cc(-c2cn(C)c(=O)c(C)n2)cc(OC)c1COCC(=O)NC(C)(C)CCCNC(=O)CCc1ccc2c(c1)C(=O)N(C1CCC(=O)NC1=O)C2=O. The first-order valence-electron chi connectivity index (χ1n) is 17.9. The highest BCUT2D eigenvalue weighted by Crippen LogP contribution is 2.35. The van der Waals surface area contributed by atoms with Gasteiger partial charge < -0.3 is 29.4 Å². The number of ether oxygens (including phenoxy) is 3. The number of methoxy groups -OCH3 is 2. The molecular weight excluding hydrogens is 712 g/mol. The third kappa shape index (κ3) is 9.43. The van der Waals surface area contributed by atoms with Gasteiger partial charge in [0.25, 0.3) is 17.4 Å². The van der Waals surface area contributed by atoms with Crippen molar-refractivity contribution in [1.29, 1.82) is 0 Å². The van der Waals surface area contributed by atoms with E-state index in [9.17, 15) is 33.6 Å². The number of hydrogen-bond acceptors (Lipinski definition) is 11. The maximum Gasteiger partial charge on any atom is 0.271 e. The summed E-state index contributed by atoms with van der Waals surface area (Å²) in [4.78, 5) is 92.7. The lowest BCUT2D eigenvalue weighted by Crippen LogP contribution is -2.54. The van der Waals surface area contributed by atoms with Gasteiger partial charge in [-0.05, 0) is 76.3 Å². The van der Waals surface area contributed by atoms with Crippen molar-refractivity contribution in [1.82, 2.24) is 30.4 Å². The van der Waals surface area contributed by atoms with Gasteiger partial charge in [0.15, 0.2) is 0 Å². The summed E-state index contributed by atoms with van der Waals surface area (Å²) in [5.74, 6) is -1.85. The monoisotopic (exact) mass is 758 g/mol. The molecule has 0 aliphatic carbocycles. The summed E-state index contributed by atoms with van der Waals surface area (Å²) in [5.41, 5.74) is 2.49. The average molecular weight is 759 g/mol. The van der Waals surface area contributed by atoms with Gasteiger partial charge in [0, 0.05) is 43.7 Å². The number of carbonyl (C=O) groups is 6. The summed E-state index contributed by atoms with van der Waals surface area (Å²) in [6, 6.07) is 7.28. The number of fused-ring (bicyclic) bond motifs is 1. The highest BCUT2D eigenvalue weighted by Gasteiger charge is 2.44. The lowest BCUT2D eigenvalue weighted by molar-refractivity contribution is -0.136. The first-order chi connectivity index (χ1) is 26.1. The molecule has 1 unspecified atom stereocenters. The van der Waals surface area contributed by atoms with Crippen molar-refractivity contribution in [3.63, 3.8) is 0 Å². The zero-order valence-corrected chi connectivity index (χ0v) is 31.8. The summed E-state index contributed by atoms with van der Waals surface area (Å²) in [6.07, 6.45) is 3.39. The molecule has 5 rings (SSSR count). The first kappa shape index (κ1) is 40.3. The minimum absolute atomic E-state index is 0.0347. The van der Waals surface area contributed by atoms with E-state index < -0.39 is 35.2 Å². The van der Waals surface area contributed by atoms with E-state index in [0.29, 0.717) is 65.4 Å². The fourth-order valence-electron chi connectivity index (χ4n) is 6.67. The highest BCUT2D eigenvalue weighted by molar-refractivity contribution is 6.23. The molecule has 0 radical (unpaired) electrons. The second-order valence-electron chi connectivity index (χ2n) is 14.2. The molecule has 0 bridgehead atoms. The van der Waals surface area contributed by atoms with Crippen molar-refractivity contribution in [2.45, 2.75) is 77.5 Å². The molecule has 292 valence electrons. The molecule has 1 saturated heterocycles. The smallest absolute Gasteiger partial charge is 0.271 e. The number of nitrogens with zero attached hydrogens (tertiary/aromatic N) is 3. The van der Waals surface area contributed by atoms with Gasteiger partial charge in [-0.2, -0.15) is 0 Å². The Kier molecular flexibility index (Phi) is 12.5. The summed E-state index contributed by atoms with van der Waals surface area (Å²) < 4.78 is 18.4. The fourth-order valence-corrected chi connectivity index (χ4v) is 6.67. The number of hydrogen-bond donors (Lipinski definition) is 3. The summed E-state index contributed by atoms with van der Waals surface area (Å²) in [7, 11) is 4.69. The largest absolute Gasteiger partial charge is 0.496 e. The van der Waals surface area contributed by atoms with Crippen molar-refractivity contribution < 1.29 is 43.0 Å². The third-order valence-electron chi connectivity index (χ3n) is 9.54. The number of benzene rings is 2. The Labute approximate surface area is 317 Å². The predicted molar refractivity (Wildman–Crippen MR) is 198 cm³/mol. The van der Waals surface area contributed by atoms with E-state index in [-0.39, 0.29) is 61.0 Å². The molecule has 2 aliphatic heterocycles. The third-order valence-corrected chi connectivity index (χ3v) is 9.54. The lowest BCUT2D eigenvalue weighted by atomic mass is 9.98. The van der Waals surface area contributed by atoms with Crippen LogP contribution in [0.25, 0.3) is 11.3 Å². The van der Waals surface area contributed by atoms with Crippen LogP contribution in [0.15, 0.2) is 41.3 Å². The van der Waals surface area contributed by atoms with Crippen LogP contribution in [0.2, 0.25) is 0 Å². The molecule has 2 aromatic carbocycles. The van der Waals surface area contributed by atoms with Crippen LogP contribution in [-0.4, -0.2) is 88.8 Å². The Morgan fingerprint density at radius 2 is 1.67 bits per heavy atom. The van der Waals surface area contributed by atoms with Gasteiger partial charge in [0.2, 0.25) is 23.6 Å². The average Bonchev–Trinajstić information content (AvgIpc) is 3.38. The molecular formula is C39H46N6O10. The van der Waals surface area contributed by atoms with E-state index in [2.05, 4.69) is 20.9 Å². The Balaban J connectivity index is 1.04. The zero-order chi connectivity index (χ0) is 40.0. The van der Waals surface area contributed by atoms with Crippen molar-refractivity contribution in [2.24, 2.45) is 7.05 Å². The molecule has 1 fully saturated rings. The van der Waals surface area contributed by atoms with E-state index in [4.69, 9.17) is 14.2 Å². The van der Waals surface area contributed by atoms with Crippen LogP contribution in [0.1, 0.15) is 83.5 Å². The van der Waals surface area contributed by atoms with Crippen molar-refractivity contribution >= 4 is 35.4 Å². The van der Waals surface area contributed by atoms with Crippen LogP contribution < -0.4 is 31.0 Å². The summed E-state index contributed by atoms with van der Waals surface area (Å²) >= 11 is 0. The number of nitrogens with one attached hydrogen (secondary N) is 3. The van der Waals surface area contributed by atoms with E-state index in [0.717, 1.165) is 4.90 Å². The van der Waals surface area contributed by atoms with E-state index >= 15 is 0 Å². The van der Waals surface area contributed by atoms with E-state index in [1.807, 2.05) is 13.8 Å². The van der Waals surface area contributed by atoms with Crippen LogP contribution in [-0.2, 0) is 44.0 Å². The van der Waals surface area contributed by atoms with Gasteiger partial charge in [-0.3, -0.25) is 43.8 Å². The Morgan fingerprint density at radius 3 is 2.33 bits per heavy atom. The number of imide groups is 2. The second kappa shape index (κ2) is 17.1. The Morgan fingerprint density at radius 1 is 0.982 bits per heavy atom. The number of amides is 6. The molecule has 6 amide bonds.